The average Bonchev–Trinajstić information content (AvgIpc) is 2.58. The topological polar surface area (TPSA) is 192 Å². The highest BCUT2D eigenvalue weighted by molar-refractivity contribution is 5.74. The van der Waals surface area contributed by atoms with Gasteiger partial charge in [-0.3, -0.25) is 0 Å². The van der Waals surface area contributed by atoms with Gasteiger partial charge < -0.3 is 49.6 Å². The van der Waals surface area contributed by atoms with Gasteiger partial charge in [0.25, 0.3) is 0 Å². The van der Waals surface area contributed by atoms with Gasteiger partial charge in [-0.25, -0.2) is 9.59 Å². The lowest BCUT2D eigenvalue weighted by atomic mass is 9.94. The molecule has 12 nitrogen and oxygen atoms in total. The first-order valence-electron chi connectivity index (χ1n) is 7.77. The van der Waals surface area contributed by atoms with E-state index >= 15 is 0 Å². The van der Waals surface area contributed by atoms with E-state index in [0.717, 1.165) is 7.11 Å². The van der Waals surface area contributed by atoms with Gasteiger partial charge in [-0.1, -0.05) is 0 Å². The van der Waals surface area contributed by atoms with Crippen molar-refractivity contribution in [1.29, 1.82) is 0 Å². The van der Waals surface area contributed by atoms with Crippen LogP contribution in [0.1, 0.15) is 6.92 Å². The summed E-state index contributed by atoms with van der Waals surface area (Å²) < 4.78 is 20.2. The van der Waals surface area contributed by atoms with Crippen molar-refractivity contribution in [3.63, 3.8) is 0 Å². The van der Waals surface area contributed by atoms with Gasteiger partial charge in [0, 0.05) is 7.11 Å². The highest BCUT2D eigenvalue weighted by Crippen LogP contribution is 2.30. The molecule has 0 saturated carbocycles. The second kappa shape index (κ2) is 8.10. The van der Waals surface area contributed by atoms with Crippen molar-refractivity contribution >= 4 is 11.9 Å². The Bertz CT molecular complexity index is 526. The molecule has 6 N–H and O–H groups in total. The van der Waals surface area contributed by atoms with Crippen LogP contribution in [0, 0.1) is 0 Å². The van der Waals surface area contributed by atoms with Crippen LogP contribution in [0.25, 0.3) is 0 Å². The molecule has 0 aromatic rings. The fourth-order valence-corrected chi connectivity index (χ4v) is 2.96. The Morgan fingerprint density at radius 3 is 1.81 bits per heavy atom. The summed E-state index contributed by atoms with van der Waals surface area (Å²) in [6.45, 7) is 1.35. The fraction of sp³-hybridized carbons (Fsp3) is 0.857. The molecule has 2 fully saturated rings. The minimum Gasteiger partial charge on any atom is -0.479 e. The fourth-order valence-electron chi connectivity index (χ4n) is 2.96. The van der Waals surface area contributed by atoms with Crippen molar-refractivity contribution in [2.75, 3.05) is 7.11 Å². The Labute approximate surface area is 147 Å². The molecule has 26 heavy (non-hydrogen) atoms. The maximum atomic E-state index is 11.4. The van der Waals surface area contributed by atoms with E-state index in [0.29, 0.717) is 0 Å². The number of carbonyl (C=O) groups is 2. The number of ether oxygens (including phenoxy) is 4. The average molecular weight is 382 g/mol. The molecular weight excluding hydrogens is 360 g/mol. The summed E-state index contributed by atoms with van der Waals surface area (Å²) in [5.41, 5.74) is 0. The lowest BCUT2D eigenvalue weighted by Crippen LogP contribution is -2.65. The predicted molar refractivity (Wildman–Crippen MR) is 78.0 cm³/mol. The van der Waals surface area contributed by atoms with Gasteiger partial charge in [0.15, 0.2) is 18.5 Å². The number of hydrogen-bond donors (Lipinski definition) is 6. The first-order valence-corrected chi connectivity index (χ1v) is 7.77. The highest BCUT2D eigenvalue weighted by atomic mass is 16.7. The van der Waals surface area contributed by atoms with Gasteiger partial charge in [-0.05, 0) is 6.92 Å². The van der Waals surface area contributed by atoms with Crippen molar-refractivity contribution in [3.05, 3.63) is 0 Å². The van der Waals surface area contributed by atoms with Crippen molar-refractivity contribution < 1.29 is 59.2 Å². The SMILES string of the molecule is COC1C(C(=O)O)OC(OC2C(C(=O)O)OC(C)C(O)C2O)C(O)C1O. The Kier molecular flexibility index (Phi) is 6.52. The molecule has 2 aliphatic heterocycles. The summed E-state index contributed by atoms with van der Waals surface area (Å²) in [5.74, 6) is -3.02. The first-order chi connectivity index (χ1) is 12.1. The number of methoxy groups -OCH3 is 1. The van der Waals surface area contributed by atoms with Crippen LogP contribution >= 0.6 is 0 Å². The molecule has 2 heterocycles. The zero-order valence-corrected chi connectivity index (χ0v) is 13.9. The molecular formula is C14H22O12. The lowest BCUT2D eigenvalue weighted by Gasteiger charge is -2.45. The van der Waals surface area contributed by atoms with E-state index in [-0.39, 0.29) is 0 Å². The van der Waals surface area contributed by atoms with Crippen LogP contribution in [-0.4, -0.2) is 111 Å². The number of rotatable bonds is 5. The van der Waals surface area contributed by atoms with E-state index < -0.39 is 73.2 Å². The number of carboxylic acids is 2. The molecule has 0 aromatic carbocycles. The maximum absolute atomic E-state index is 11.4. The summed E-state index contributed by atoms with van der Waals surface area (Å²) in [6, 6.07) is 0. The minimum atomic E-state index is -1.82. The quantitative estimate of drug-likeness (QED) is 0.275. The van der Waals surface area contributed by atoms with Crippen LogP contribution in [0.4, 0.5) is 0 Å². The van der Waals surface area contributed by atoms with Crippen LogP contribution in [0.2, 0.25) is 0 Å². The van der Waals surface area contributed by atoms with E-state index in [1.165, 1.54) is 6.92 Å². The third kappa shape index (κ3) is 3.82. The second-order valence-electron chi connectivity index (χ2n) is 6.13. The number of aliphatic hydroxyl groups excluding tert-OH is 4. The van der Waals surface area contributed by atoms with Crippen molar-refractivity contribution in [3.8, 4) is 0 Å². The minimum absolute atomic E-state index is 1.02. The number of aliphatic hydroxyl groups is 4. The first kappa shape index (κ1) is 20.9. The molecule has 12 heteroatoms. The summed E-state index contributed by atoms with van der Waals surface area (Å²) in [5, 5.41) is 58.5. The monoisotopic (exact) mass is 382 g/mol. The summed E-state index contributed by atoms with van der Waals surface area (Å²) in [4.78, 5) is 22.6. The Hall–Kier alpha value is -1.38. The van der Waals surface area contributed by atoms with Gasteiger partial charge >= 0.3 is 11.9 Å². The van der Waals surface area contributed by atoms with E-state index in [4.69, 9.17) is 18.9 Å². The van der Waals surface area contributed by atoms with Gasteiger partial charge in [0.2, 0.25) is 0 Å². The van der Waals surface area contributed by atoms with Crippen LogP contribution in [0.15, 0.2) is 0 Å². The number of aliphatic carboxylic acids is 2. The molecule has 10 unspecified atom stereocenters. The standard InChI is InChI=1S/C14H22O12/c1-3-4(15)5(16)9(11(24-3)13(21)22)25-14-7(18)6(17)8(23-2)10(26-14)12(19)20/h3-11,14-18H,1-2H3,(H,19,20)(H,21,22). The van der Waals surface area contributed by atoms with Crippen LogP contribution in [0.5, 0.6) is 0 Å². The van der Waals surface area contributed by atoms with E-state index in [2.05, 4.69) is 0 Å². The molecule has 0 amide bonds. The van der Waals surface area contributed by atoms with Crippen molar-refractivity contribution in [2.45, 2.75) is 68.1 Å². The molecule has 0 aliphatic carbocycles. The van der Waals surface area contributed by atoms with Crippen LogP contribution in [-0.2, 0) is 28.5 Å². The Balaban J connectivity index is 2.23. The highest BCUT2D eigenvalue weighted by Gasteiger charge is 2.53. The van der Waals surface area contributed by atoms with E-state index in [1.807, 2.05) is 0 Å². The van der Waals surface area contributed by atoms with Gasteiger partial charge in [0.1, 0.15) is 36.6 Å². The number of carboxylic acid groups (broad SMARTS) is 2. The molecule has 10 atom stereocenters. The molecule has 2 saturated heterocycles. The zero-order chi connectivity index (χ0) is 19.8. The molecule has 0 radical (unpaired) electrons. The molecule has 2 aliphatic rings. The second-order valence-corrected chi connectivity index (χ2v) is 6.13. The number of hydrogen-bond acceptors (Lipinski definition) is 10. The molecule has 0 aromatic heterocycles. The normalized spacial score (nSPS) is 46.7. The van der Waals surface area contributed by atoms with Crippen molar-refractivity contribution in [2.24, 2.45) is 0 Å². The van der Waals surface area contributed by atoms with Gasteiger partial charge in [-0.15, -0.1) is 0 Å². The third-order valence-corrected chi connectivity index (χ3v) is 4.42. The van der Waals surface area contributed by atoms with Crippen LogP contribution < -0.4 is 0 Å². The van der Waals surface area contributed by atoms with E-state index in [1.54, 1.807) is 0 Å². The Morgan fingerprint density at radius 2 is 1.31 bits per heavy atom. The predicted octanol–water partition coefficient (Wildman–Crippen LogP) is -3.49. The maximum Gasteiger partial charge on any atom is 0.335 e. The summed E-state index contributed by atoms with van der Waals surface area (Å²) in [7, 11) is 1.11. The van der Waals surface area contributed by atoms with Crippen LogP contribution in [0.3, 0.4) is 0 Å². The largest absolute Gasteiger partial charge is 0.479 e. The summed E-state index contributed by atoms with van der Waals surface area (Å²) >= 11 is 0. The Morgan fingerprint density at radius 1 is 0.808 bits per heavy atom. The third-order valence-electron chi connectivity index (χ3n) is 4.42. The molecule has 0 spiro atoms. The van der Waals surface area contributed by atoms with Crippen molar-refractivity contribution in [1.82, 2.24) is 0 Å². The molecule has 2 rings (SSSR count). The van der Waals surface area contributed by atoms with E-state index in [9.17, 15) is 40.2 Å². The molecule has 150 valence electrons. The zero-order valence-electron chi connectivity index (χ0n) is 13.9. The summed E-state index contributed by atoms with van der Waals surface area (Å²) in [6.07, 6.45) is -16.1. The molecule has 0 bridgehead atoms. The van der Waals surface area contributed by atoms with Gasteiger partial charge in [0.05, 0.1) is 6.10 Å². The lowest BCUT2D eigenvalue weighted by molar-refractivity contribution is -0.334. The smallest absolute Gasteiger partial charge is 0.335 e. The van der Waals surface area contributed by atoms with Gasteiger partial charge in [-0.2, -0.15) is 0 Å².